The van der Waals surface area contributed by atoms with Crippen molar-refractivity contribution in [1.29, 1.82) is 0 Å². The van der Waals surface area contributed by atoms with Crippen molar-refractivity contribution < 1.29 is 0 Å². The smallest absolute Gasteiger partial charge is 0.00161 e. The Hall–Kier alpha value is 0.440. The summed E-state index contributed by atoms with van der Waals surface area (Å²) in [7, 11) is 0. The second-order valence-electron chi connectivity index (χ2n) is 3.07. The van der Waals surface area contributed by atoms with Crippen molar-refractivity contribution in [3.63, 3.8) is 0 Å². The van der Waals surface area contributed by atoms with Crippen molar-refractivity contribution in [3.05, 3.63) is 0 Å². The van der Waals surface area contributed by atoms with Gasteiger partial charge in [0.15, 0.2) is 0 Å². The molecular formula is C7H14BrN. The maximum atomic E-state index is 2.58. The highest BCUT2D eigenvalue weighted by molar-refractivity contribution is 8.93. The summed E-state index contributed by atoms with van der Waals surface area (Å²) in [5, 5.41) is 0. The molecule has 0 N–H and O–H groups in total. The minimum atomic E-state index is 0. The Balaban J connectivity index is 0.000000405. The van der Waals surface area contributed by atoms with E-state index in [9.17, 15) is 0 Å². The minimum absolute atomic E-state index is 0. The predicted molar refractivity (Wildman–Crippen MR) is 44.1 cm³/mol. The molecule has 1 nitrogen and oxygen atoms in total. The van der Waals surface area contributed by atoms with Gasteiger partial charge in [-0.3, -0.25) is 0 Å². The summed E-state index contributed by atoms with van der Waals surface area (Å²) in [5.74, 6) is 1.11. The Bertz CT molecular complexity index is 63.9. The molecule has 0 aromatic carbocycles. The van der Waals surface area contributed by atoms with Gasteiger partial charge in [-0.25, -0.2) is 0 Å². The summed E-state index contributed by atoms with van der Waals surface area (Å²) in [6.07, 6.45) is 4.46. The number of halogens is 1. The molecule has 2 heteroatoms. The van der Waals surface area contributed by atoms with Gasteiger partial charge in [-0.05, 0) is 44.8 Å². The van der Waals surface area contributed by atoms with Crippen LogP contribution in [-0.4, -0.2) is 24.5 Å². The average molecular weight is 192 g/mol. The van der Waals surface area contributed by atoms with Crippen LogP contribution in [0, 0.1) is 5.92 Å². The highest BCUT2D eigenvalue weighted by atomic mass is 79.9. The first-order valence-electron chi connectivity index (χ1n) is 3.67. The van der Waals surface area contributed by atoms with E-state index in [0.29, 0.717) is 0 Å². The predicted octanol–water partition coefficient (Wildman–Crippen LogP) is 1.68. The number of rotatable bonds is 0. The molecule has 0 radical (unpaired) electrons. The van der Waals surface area contributed by atoms with E-state index in [4.69, 9.17) is 0 Å². The SMILES string of the molecule is Br.C1CN2CCC1CC2. The topological polar surface area (TPSA) is 3.24 Å². The van der Waals surface area contributed by atoms with Crippen LogP contribution in [0.2, 0.25) is 0 Å². The monoisotopic (exact) mass is 191 g/mol. The molecule has 0 unspecified atom stereocenters. The van der Waals surface area contributed by atoms with Crippen LogP contribution >= 0.6 is 17.0 Å². The number of hydrogen-bond donors (Lipinski definition) is 0. The van der Waals surface area contributed by atoms with Gasteiger partial charge in [0.1, 0.15) is 0 Å². The third kappa shape index (κ3) is 1.47. The molecule has 0 aliphatic carbocycles. The zero-order valence-corrected chi connectivity index (χ0v) is 7.39. The van der Waals surface area contributed by atoms with Crippen LogP contribution in [0.4, 0.5) is 0 Å². The van der Waals surface area contributed by atoms with Gasteiger partial charge >= 0.3 is 0 Å². The molecule has 3 saturated heterocycles. The summed E-state index contributed by atoms with van der Waals surface area (Å²) < 4.78 is 0. The fourth-order valence-electron chi connectivity index (χ4n) is 1.86. The summed E-state index contributed by atoms with van der Waals surface area (Å²) in [4.78, 5) is 2.58. The Kier molecular flexibility index (Phi) is 2.53. The van der Waals surface area contributed by atoms with Crippen LogP contribution in [0.3, 0.4) is 0 Å². The first-order valence-corrected chi connectivity index (χ1v) is 3.67. The molecule has 3 fully saturated rings. The van der Waals surface area contributed by atoms with Crippen LogP contribution in [0.1, 0.15) is 19.3 Å². The first kappa shape index (κ1) is 7.55. The highest BCUT2D eigenvalue weighted by Crippen LogP contribution is 2.26. The molecular weight excluding hydrogens is 178 g/mol. The van der Waals surface area contributed by atoms with Crippen molar-refractivity contribution in [2.45, 2.75) is 19.3 Å². The van der Waals surface area contributed by atoms with Gasteiger partial charge in [-0.1, -0.05) is 0 Å². The molecule has 3 rings (SSSR count). The Morgan fingerprint density at radius 1 is 0.889 bits per heavy atom. The van der Waals surface area contributed by atoms with Gasteiger partial charge in [-0.15, -0.1) is 17.0 Å². The lowest BCUT2D eigenvalue weighted by atomic mass is 9.89. The number of piperidine rings is 3. The molecule has 0 aromatic rings. The van der Waals surface area contributed by atoms with Crippen molar-refractivity contribution in [3.8, 4) is 0 Å². The Labute approximate surface area is 67.2 Å². The highest BCUT2D eigenvalue weighted by Gasteiger charge is 2.24. The van der Waals surface area contributed by atoms with E-state index in [1.807, 2.05) is 0 Å². The zero-order chi connectivity index (χ0) is 5.40. The van der Waals surface area contributed by atoms with Crippen LogP contribution < -0.4 is 0 Å². The van der Waals surface area contributed by atoms with Crippen LogP contribution in [0.25, 0.3) is 0 Å². The first-order chi connectivity index (χ1) is 3.95. The average Bonchev–Trinajstić information content (AvgIpc) is 1.92. The maximum Gasteiger partial charge on any atom is -0.00161 e. The molecule has 2 bridgehead atoms. The van der Waals surface area contributed by atoms with Crippen molar-refractivity contribution in [1.82, 2.24) is 4.90 Å². The molecule has 54 valence electrons. The molecule has 3 aliphatic rings. The molecule has 0 amide bonds. The quantitative estimate of drug-likeness (QED) is 0.564. The van der Waals surface area contributed by atoms with E-state index < -0.39 is 0 Å². The second kappa shape index (κ2) is 3.02. The Morgan fingerprint density at radius 3 is 1.44 bits per heavy atom. The third-order valence-electron chi connectivity index (χ3n) is 2.56. The minimum Gasteiger partial charge on any atom is -0.303 e. The summed E-state index contributed by atoms with van der Waals surface area (Å²) in [5.41, 5.74) is 0. The van der Waals surface area contributed by atoms with E-state index >= 15 is 0 Å². The van der Waals surface area contributed by atoms with Gasteiger partial charge in [0.05, 0.1) is 0 Å². The Morgan fingerprint density at radius 2 is 1.33 bits per heavy atom. The molecule has 3 aliphatic heterocycles. The zero-order valence-electron chi connectivity index (χ0n) is 5.68. The van der Waals surface area contributed by atoms with Gasteiger partial charge in [0.25, 0.3) is 0 Å². The van der Waals surface area contributed by atoms with Gasteiger partial charge in [-0.2, -0.15) is 0 Å². The number of hydrogen-bond acceptors (Lipinski definition) is 1. The molecule has 0 saturated carbocycles. The normalized spacial score (nSPS) is 40.0. The van der Waals surface area contributed by atoms with Crippen molar-refractivity contribution in [2.75, 3.05) is 19.6 Å². The molecule has 0 atom stereocenters. The van der Waals surface area contributed by atoms with Crippen LogP contribution in [-0.2, 0) is 0 Å². The summed E-state index contributed by atoms with van der Waals surface area (Å²) in [6.45, 7) is 4.18. The van der Waals surface area contributed by atoms with E-state index in [1.54, 1.807) is 0 Å². The van der Waals surface area contributed by atoms with Gasteiger partial charge in [0, 0.05) is 0 Å². The van der Waals surface area contributed by atoms with Gasteiger partial charge < -0.3 is 4.90 Å². The van der Waals surface area contributed by atoms with E-state index in [-0.39, 0.29) is 17.0 Å². The number of fused-ring (bicyclic) bond motifs is 3. The lowest BCUT2D eigenvalue weighted by Crippen LogP contribution is -2.41. The maximum absolute atomic E-state index is 2.58. The second-order valence-corrected chi connectivity index (χ2v) is 3.07. The summed E-state index contributed by atoms with van der Waals surface area (Å²) >= 11 is 0. The summed E-state index contributed by atoms with van der Waals surface area (Å²) in [6, 6.07) is 0. The molecule has 0 spiro atoms. The molecule has 0 aromatic heterocycles. The van der Waals surface area contributed by atoms with Crippen molar-refractivity contribution in [2.24, 2.45) is 5.92 Å². The fourth-order valence-corrected chi connectivity index (χ4v) is 1.86. The van der Waals surface area contributed by atoms with Crippen LogP contribution in [0.15, 0.2) is 0 Å². The van der Waals surface area contributed by atoms with E-state index in [1.165, 1.54) is 38.9 Å². The number of nitrogens with zero attached hydrogens (tertiary/aromatic N) is 1. The third-order valence-corrected chi connectivity index (χ3v) is 2.56. The standard InChI is InChI=1S/C7H13N.BrH/c1-4-8-5-2-7(1)3-6-8;/h7H,1-6H2;1H. The molecule has 9 heavy (non-hydrogen) atoms. The van der Waals surface area contributed by atoms with E-state index in [2.05, 4.69) is 4.90 Å². The van der Waals surface area contributed by atoms with Crippen molar-refractivity contribution >= 4 is 17.0 Å². The largest absolute Gasteiger partial charge is 0.303 e. The fraction of sp³-hybridized carbons (Fsp3) is 1.00. The lowest BCUT2D eigenvalue weighted by molar-refractivity contribution is 0.111. The van der Waals surface area contributed by atoms with Gasteiger partial charge in [0.2, 0.25) is 0 Å². The lowest BCUT2D eigenvalue weighted by Gasteiger charge is -2.38. The van der Waals surface area contributed by atoms with Crippen LogP contribution in [0.5, 0.6) is 0 Å². The van der Waals surface area contributed by atoms with E-state index in [0.717, 1.165) is 5.92 Å². The molecule has 3 heterocycles.